The highest BCUT2D eigenvalue weighted by Crippen LogP contribution is 2.09. The third-order valence-electron chi connectivity index (χ3n) is 2.16. The minimum absolute atomic E-state index is 0.259. The molecule has 2 rings (SSSR count). The number of para-hydroxylation sites is 1. The van der Waals surface area contributed by atoms with Crippen molar-refractivity contribution in [3.05, 3.63) is 47.9 Å². The number of carbonyl (C=O) groups excluding carboxylic acids is 1. The van der Waals surface area contributed by atoms with Gasteiger partial charge in [-0.1, -0.05) is 23.4 Å². The average molecular weight is 217 g/mol. The van der Waals surface area contributed by atoms with Gasteiger partial charge in [-0.3, -0.25) is 4.79 Å². The van der Waals surface area contributed by atoms with Crippen LogP contribution in [0.2, 0.25) is 0 Å². The number of nitrogens with zero attached hydrogens (tertiary/aromatic N) is 1. The van der Waals surface area contributed by atoms with E-state index in [1.807, 2.05) is 18.2 Å². The summed E-state index contributed by atoms with van der Waals surface area (Å²) >= 11 is 0. The number of rotatable bonds is 3. The summed E-state index contributed by atoms with van der Waals surface area (Å²) < 4.78 is 4.58. The fraction of sp³-hybridized carbons (Fsp3) is 0.0909. The normalized spacial score (nSPS) is 10.0. The lowest BCUT2D eigenvalue weighted by molar-refractivity contribution is 0.0942. The number of nitrogens with two attached hydrogens (primary N) is 1. The predicted molar refractivity (Wildman–Crippen MR) is 58.5 cm³/mol. The van der Waals surface area contributed by atoms with Crippen LogP contribution in [0.3, 0.4) is 0 Å². The second-order valence-corrected chi connectivity index (χ2v) is 3.27. The number of amides is 1. The molecular formula is C11H11N3O2. The van der Waals surface area contributed by atoms with Crippen molar-refractivity contribution >= 4 is 11.6 Å². The third kappa shape index (κ3) is 2.20. The fourth-order valence-corrected chi connectivity index (χ4v) is 1.29. The van der Waals surface area contributed by atoms with Gasteiger partial charge >= 0.3 is 0 Å². The summed E-state index contributed by atoms with van der Waals surface area (Å²) in [6, 6.07) is 8.87. The van der Waals surface area contributed by atoms with Crippen molar-refractivity contribution in [2.24, 2.45) is 0 Å². The van der Waals surface area contributed by atoms with Gasteiger partial charge in [-0.15, -0.1) is 0 Å². The Labute approximate surface area is 92.2 Å². The molecule has 0 fully saturated rings. The largest absolute Gasteiger partial charge is 0.398 e. The zero-order valence-electron chi connectivity index (χ0n) is 8.51. The van der Waals surface area contributed by atoms with Crippen LogP contribution in [0.5, 0.6) is 0 Å². The Hall–Kier alpha value is -2.30. The van der Waals surface area contributed by atoms with Gasteiger partial charge in [0.05, 0.1) is 0 Å². The van der Waals surface area contributed by atoms with Crippen molar-refractivity contribution in [2.75, 3.05) is 5.73 Å². The van der Waals surface area contributed by atoms with Crippen LogP contribution < -0.4 is 11.1 Å². The van der Waals surface area contributed by atoms with E-state index in [1.165, 1.54) is 12.3 Å². The van der Waals surface area contributed by atoms with Crippen LogP contribution >= 0.6 is 0 Å². The van der Waals surface area contributed by atoms with E-state index in [9.17, 15) is 4.79 Å². The van der Waals surface area contributed by atoms with Crippen molar-refractivity contribution in [1.29, 1.82) is 0 Å². The number of benzene rings is 1. The van der Waals surface area contributed by atoms with E-state index in [-0.39, 0.29) is 11.6 Å². The number of hydrogen-bond donors (Lipinski definition) is 2. The molecule has 2 aromatic rings. The summed E-state index contributed by atoms with van der Waals surface area (Å²) in [5.74, 6) is -0.281. The number of hydrogen-bond acceptors (Lipinski definition) is 4. The van der Waals surface area contributed by atoms with Gasteiger partial charge in [0.25, 0.3) is 5.91 Å². The highest BCUT2D eigenvalue weighted by molar-refractivity contribution is 5.91. The average Bonchev–Trinajstić information content (AvgIpc) is 2.81. The Morgan fingerprint density at radius 1 is 1.38 bits per heavy atom. The third-order valence-corrected chi connectivity index (χ3v) is 2.16. The summed E-state index contributed by atoms with van der Waals surface area (Å²) in [4.78, 5) is 11.5. The zero-order valence-corrected chi connectivity index (χ0v) is 8.51. The molecule has 0 aliphatic heterocycles. The van der Waals surface area contributed by atoms with E-state index in [1.54, 1.807) is 6.07 Å². The highest BCUT2D eigenvalue weighted by atomic mass is 16.5. The molecule has 1 amide bonds. The number of nitrogen functional groups attached to an aromatic ring is 1. The van der Waals surface area contributed by atoms with Crippen LogP contribution in [0.15, 0.2) is 41.1 Å². The van der Waals surface area contributed by atoms with Crippen LogP contribution in [-0.4, -0.2) is 11.1 Å². The van der Waals surface area contributed by atoms with Crippen molar-refractivity contribution < 1.29 is 9.32 Å². The molecule has 1 aromatic carbocycles. The molecule has 0 bridgehead atoms. The molecule has 82 valence electrons. The summed E-state index contributed by atoms with van der Waals surface area (Å²) in [6.07, 6.45) is 1.35. The molecule has 0 aliphatic rings. The minimum Gasteiger partial charge on any atom is -0.398 e. The second kappa shape index (κ2) is 4.48. The van der Waals surface area contributed by atoms with Gasteiger partial charge < -0.3 is 15.6 Å². The van der Waals surface area contributed by atoms with E-state index in [4.69, 9.17) is 5.73 Å². The van der Waals surface area contributed by atoms with Gasteiger partial charge in [0.2, 0.25) is 0 Å². The van der Waals surface area contributed by atoms with Crippen molar-refractivity contribution in [3.63, 3.8) is 0 Å². The SMILES string of the molecule is Nc1ccccc1CNC(=O)c1ccon1. The van der Waals surface area contributed by atoms with Gasteiger partial charge in [-0.05, 0) is 11.6 Å². The lowest BCUT2D eigenvalue weighted by Gasteiger charge is -2.05. The lowest BCUT2D eigenvalue weighted by atomic mass is 10.2. The maximum absolute atomic E-state index is 11.5. The van der Waals surface area contributed by atoms with E-state index in [0.717, 1.165) is 5.56 Å². The summed E-state index contributed by atoms with van der Waals surface area (Å²) in [5.41, 5.74) is 7.53. The first-order valence-corrected chi connectivity index (χ1v) is 4.79. The smallest absolute Gasteiger partial charge is 0.273 e. The molecule has 1 aromatic heterocycles. The molecule has 0 aliphatic carbocycles. The van der Waals surface area contributed by atoms with E-state index in [0.29, 0.717) is 12.2 Å². The topological polar surface area (TPSA) is 81.1 Å². The van der Waals surface area contributed by atoms with Crippen LogP contribution in [0.4, 0.5) is 5.69 Å². The Morgan fingerprint density at radius 3 is 2.88 bits per heavy atom. The predicted octanol–water partition coefficient (Wildman–Crippen LogP) is 1.19. The number of carbonyl (C=O) groups is 1. The van der Waals surface area contributed by atoms with Crippen molar-refractivity contribution in [1.82, 2.24) is 10.5 Å². The monoisotopic (exact) mass is 217 g/mol. The van der Waals surface area contributed by atoms with Gasteiger partial charge in [-0.25, -0.2) is 0 Å². The van der Waals surface area contributed by atoms with Gasteiger partial charge in [-0.2, -0.15) is 0 Å². The Kier molecular flexibility index (Phi) is 2.86. The molecule has 0 spiro atoms. The van der Waals surface area contributed by atoms with Gasteiger partial charge in [0.1, 0.15) is 6.26 Å². The van der Waals surface area contributed by atoms with Crippen LogP contribution in [0, 0.1) is 0 Å². The molecule has 0 saturated heterocycles. The number of aromatic nitrogens is 1. The number of nitrogens with one attached hydrogen (secondary N) is 1. The first-order valence-electron chi connectivity index (χ1n) is 4.79. The van der Waals surface area contributed by atoms with E-state index >= 15 is 0 Å². The lowest BCUT2D eigenvalue weighted by Crippen LogP contribution is -2.23. The molecule has 3 N–H and O–H groups in total. The van der Waals surface area contributed by atoms with Crippen molar-refractivity contribution in [3.8, 4) is 0 Å². The Bertz CT molecular complexity index is 480. The molecule has 0 saturated carbocycles. The quantitative estimate of drug-likeness (QED) is 0.756. The molecule has 0 atom stereocenters. The first-order chi connectivity index (χ1) is 7.77. The molecular weight excluding hydrogens is 206 g/mol. The van der Waals surface area contributed by atoms with Crippen LogP contribution in [0.25, 0.3) is 0 Å². The van der Waals surface area contributed by atoms with Gasteiger partial charge in [0, 0.05) is 18.3 Å². The van der Waals surface area contributed by atoms with Gasteiger partial charge in [0.15, 0.2) is 5.69 Å². The molecule has 1 heterocycles. The Balaban J connectivity index is 1.98. The molecule has 5 heteroatoms. The fourth-order valence-electron chi connectivity index (χ4n) is 1.29. The summed E-state index contributed by atoms with van der Waals surface area (Å²) in [5, 5.41) is 6.23. The van der Waals surface area contributed by atoms with E-state index < -0.39 is 0 Å². The standard InChI is InChI=1S/C11H11N3O2/c12-9-4-2-1-3-8(9)7-13-11(15)10-5-6-16-14-10/h1-6H,7,12H2,(H,13,15). The zero-order chi connectivity index (χ0) is 11.4. The van der Waals surface area contributed by atoms with Crippen LogP contribution in [-0.2, 0) is 6.54 Å². The maximum Gasteiger partial charge on any atom is 0.273 e. The number of anilines is 1. The molecule has 16 heavy (non-hydrogen) atoms. The summed E-state index contributed by atoms with van der Waals surface area (Å²) in [7, 11) is 0. The molecule has 5 nitrogen and oxygen atoms in total. The first kappa shape index (κ1) is 10.2. The second-order valence-electron chi connectivity index (χ2n) is 3.27. The molecule has 0 radical (unpaired) electrons. The van der Waals surface area contributed by atoms with E-state index in [2.05, 4.69) is 15.0 Å². The summed E-state index contributed by atoms with van der Waals surface area (Å²) in [6.45, 7) is 0.373. The van der Waals surface area contributed by atoms with Crippen molar-refractivity contribution in [2.45, 2.75) is 6.54 Å². The Morgan fingerprint density at radius 2 is 2.19 bits per heavy atom. The highest BCUT2D eigenvalue weighted by Gasteiger charge is 2.08. The minimum atomic E-state index is -0.281. The molecule has 0 unspecified atom stereocenters. The maximum atomic E-state index is 11.5. The van der Waals surface area contributed by atoms with Crippen LogP contribution in [0.1, 0.15) is 16.1 Å².